The highest BCUT2D eigenvalue weighted by Gasteiger charge is 2.28. The maximum atomic E-state index is 11.5. The zero-order valence-corrected chi connectivity index (χ0v) is 11.0. The van der Waals surface area contributed by atoms with Gasteiger partial charge in [0.25, 0.3) is 0 Å². The molecule has 1 aromatic rings. The number of rotatable bonds is 5. The number of carbonyl (C=O) groups is 1. The highest BCUT2D eigenvalue weighted by atomic mass is 16.5. The molecule has 0 saturated heterocycles. The van der Waals surface area contributed by atoms with Gasteiger partial charge in [0.2, 0.25) is 0 Å². The molecule has 0 spiro atoms. The Morgan fingerprint density at radius 2 is 1.94 bits per heavy atom. The molecule has 0 heterocycles. The maximum Gasteiger partial charge on any atom is 0.325 e. The minimum atomic E-state index is -0.641. The summed E-state index contributed by atoms with van der Waals surface area (Å²) in [6.07, 6.45) is 0. The van der Waals surface area contributed by atoms with Crippen molar-refractivity contribution in [3.05, 3.63) is 35.9 Å². The summed E-state index contributed by atoms with van der Waals surface area (Å²) in [6, 6.07) is 10.2. The molecular weight excluding hydrogens is 214 g/mol. The molecule has 0 amide bonds. The van der Waals surface area contributed by atoms with Crippen LogP contribution < -0.4 is 5.32 Å². The number of hydrogen-bond donors (Lipinski definition) is 1. The number of esters is 1. The van der Waals surface area contributed by atoms with Crippen molar-refractivity contribution >= 4 is 5.97 Å². The van der Waals surface area contributed by atoms with E-state index >= 15 is 0 Å². The van der Waals surface area contributed by atoms with Gasteiger partial charge in [-0.2, -0.15) is 0 Å². The van der Waals surface area contributed by atoms with Crippen LogP contribution in [0.5, 0.6) is 0 Å². The Hall–Kier alpha value is -1.35. The Balaban J connectivity index is 2.54. The van der Waals surface area contributed by atoms with Gasteiger partial charge in [0, 0.05) is 6.54 Å². The summed E-state index contributed by atoms with van der Waals surface area (Å²) in [4.78, 5) is 11.5. The minimum absolute atomic E-state index is 0.238. The predicted octanol–water partition coefficient (Wildman–Crippen LogP) is 2.33. The Morgan fingerprint density at radius 3 is 2.47 bits per heavy atom. The lowest BCUT2D eigenvalue weighted by atomic mass is 9.99. The van der Waals surface area contributed by atoms with Crippen LogP contribution in [0.2, 0.25) is 0 Å². The van der Waals surface area contributed by atoms with E-state index in [1.54, 1.807) is 0 Å². The van der Waals surface area contributed by atoms with E-state index in [9.17, 15) is 4.79 Å². The van der Waals surface area contributed by atoms with Gasteiger partial charge in [0.1, 0.15) is 5.54 Å². The van der Waals surface area contributed by atoms with Gasteiger partial charge in [-0.25, -0.2) is 0 Å². The second kappa shape index (κ2) is 5.82. The van der Waals surface area contributed by atoms with Gasteiger partial charge in [-0.3, -0.25) is 4.79 Å². The fourth-order valence-corrected chi connectivity index (χ4v) is 1.63. The van der Waals surface area contributed by atoms with Crippen LogP contribution in [0.25, 0.3) is 0 Å². The Kier molecular flexibility index (Phi) is 4.70. The second-order valence-corrected chi connectivity index (χ2v) is 4.81. The average Bonchev–Trinajstić information content (AvgIpc) is 2.36. The summed E-state index contributed by atoms with van der Waals surface area (Å²) in [5, 5.41) is 3.23. The van der Waals surface area contributed by atoms with Crippen LogP contribution >= 0.6 is 0 Å². The molecule has 1 atom stereocenters. The summed E-state index contributed by atoms with van der Waals surface area (Å²) >= 11 is 0. The van der Waals surface area contributed by atoms with Crippen molar-refractivity contribution in [3.63, 3.8) is 0 Å². The van der Waals surface area contributed by atoms with Crippen molar-refractivity contribution in [1.29, 1.82) is 0 Å². The van der Waals surface area contributed by atoms with Crippen molar-refractivity contribution in [2.24, 2.45) is 0 Å². The van der Waals surface area contributed by atoms with Gasteiger partial charge < -0.3 is 10.1 Å². The van der Waals surface area contributed by atoms with E-state index < -0.39 is 5.54 Å². The van der Waals surface area contributed by atoms with Crippen LogP contribution in [0, 0.1) is 0 Å². The first-order valence-electron chi connectivity index (χ1n) is 5.86. The lowest BCUT2D eigenvalue weighted by Gasteiger charge is -2.25. The molecule has 17 heavy (non-hydrogen) atoms. The van der Waals surface area contributed by atoms with Crippen LogP contribution in [0.1, 0.15) is 32.3 Å². The van der Waals surface area contributed by atoms with Crippen LogP contribution in [0.4, 0.5) is 0 Å². The standard InChI is InChI=1S/C14H21NO2/c1-11(12-8-6-5-7-9-12)10-15-14(2,3)13(16)17-4/h5-9,11,15H,10H2,1-4H3. The van der Waals surface area contributed by atoms with E-state index in [0.717, 1.165) is 6.54 Å². The van der Waals surface area contributed by atoms with E-state index in [1.165, 1.54) is 12.7 Å². The van der Waals surface area contributed by atoms with Crippen molar-refractivity contribution < 1.29 is 9.53 Å². The van der Waals surface area contributed by atoms with Crippen LogP contribution in [0.3, 0.4) is 0 Å². The molecular formula is C14H21NO2. The normalized spacial score (nSPS) is 13.2. The third-order valence-electron chi connectivity index (χ3n) is 2.91. The molecule has 0 fully saturated rings. The molecule has 1 rings (SSSR count). The molecule has 0 saturated carbocycles. The van der Waals surface area contributed by atoms with Gasteiger partial charge in [0.15, 0.2) is 0 Å². The Labute approximate surface area is 103 Å². The second-order valence-electron chi connectivity index (χ2n) is 4.81. The lowest BCUT2D eigenvalue weighted by Crippen LogP contribution is -2.48. The maximum absolute atomic E-state index is 11.5. The number of ether oxygens (including phenoxy) is 1. The molecule has 1 unspecified atom stereocenters. The number of benzene rings is 1. The van der Waals surface area contributed by atoms with Crippen molar-refractivity contribution in [2.75, 3.05) is 13.7 Å². The van der Waals surface area contributed by atoms with Gasteiger partial charge in [-0.1, -0.05) is 37.3 Å². The fraction of sp³-hybridized carbons (Fsp3) is 0.500. The van der Waals surface area contributed by atoms with Crippen molar-refractivity contribution in [1.82, 2.24) is 5.32 Å². The largest absolute Gasteiger partial charge is 0.468 e. The molecule has 0 bridgehead atoms. The monoisotopic (exact) mass is 235 g/mol. The summed E-state index contributed by atoms with van der Waals surface area (Å²) < 4.78 is 4.75. The van der Waals surface area contributed by atoms with Gasteiger partial charge in [-0.15, -0.1) is 0 Å². The first kappa shape index (κ1) is 13.7. The van der Waals surface area contributed by atoms with Gasteiger partial charge in [-0.05, 0) is 25.3 Å². The molecule has 94 valence electrons. The Morgan fingerprint density at radius 1 is 1.35 bits per heavy atom. The molecule has 1 aromatic carbocycles. The Bertz CT molecular complexity index is 360. The van der Waals surface area contributed by atoms with E-state index in [1.807, 2.05) is 32.0 Å². The molecule has 3 nitrogen and oxygen atoms in total. The third kappa shape index (κ3) is 3.86. The molecule has 0 aliphatic carbocycles. The third-order valence-corrected chi connectivity index (χ3v) is 2.91. The van der Waals surface area contributed by atoms with Gasteiger partial charge >= 0.3 is 5.97 Å². The molecule has 0 aliphatic rings. The highest BCUT2D eigenvalue weighted by Crippen LogP contribution is 2.15. The van der Waals surface area contributed by atoms with Crippen molar-refractivity contribution in [3.8, 4) is 0 Å². The first-order valence-corrected chi connectivity index (χ1v) is 5.86. The summed E-state index contributed by atoms with van der Waals surface area (Å²) in [6.45, 7) is 6.54. The van der Waals surface area contributed by atoms with E-state index in [0.29, 0.717) is 5.92 Å². The van der Waals surface area contributed by atoms with Crippen LogP contribution in [-0.4, -0.2) is 25.2 Å². The SMILES string of the molecule is COC(=O)C(C)(C)NCC(C)c1ccccc1. The first-order chi connectivity index (χ1) is 7.97. The number of methoxy groups -OCH3 is 1. The van der Waals surface area contributed by atoms with Crippen LogP contribution in [0.15, 0.2) is 30.3 Å². The highest BCUT2D eigenvalue weighted by molar-refractivity contribution is 5.79. The molecule has 0 radical (unpaired) electrons. The predicted molar refractivity (Wildman–Crippen MR) is 69.0 cm³/mol. The van der Waals surface area contributed by atoms with E-state index in [4.69, 9.17) is 4.74 Å². The molecule has 3 heteroatoms. The molecule has 0 aliphatic heterocycles. The smallest absolute Gasteiger partial charge is 0.325 e. The fourth-order valence-electron chi connectivity index (χ4n) is 1.63. The van der Waals surface area contributed by atoms with Crippen molar-refractivity contribution in [2.45, 2.75) is 32.2 Å². The zero-order valence-electron chi connectivity index (χ0n) is 11.0. The summed E-state index contributed by atoms with van der Waals surface area (Å²) in [5.41, 5.74) is 0.623. The average molecular weight is 235 g/mol. The van der Waals surface area contributed by atoms with Crippen LogP contribution in [-0.2, 0) is 9.53 Å². The topological polar surface area (TPSA) is 38.3 Å². The summed E-state index contributed by atoms with van der Waals surface area (Å²) in [5.74, 6) is 0.123. The number of hydrogen-bond acceptors (Lipinski definition) is 3. The van der Waals surface area contributed by atoms with E-state index in [2.05, 4.69) is 24.4 Å². The molecule has 1 N–H and O–H groups in total. The quantitative estimate of drug-likeness (QED) is 0.796. The minimum Gasteiger partial charge on any atom is -0.468 e. The number of carbonyl (C=O) groups excluding carboxylic acids is 1. The summed E-state index contributed by atoms with van der Waals surface area (Å²) in [7, 11) is 1.41. The van der Waals surface area contributed by atoms with E-state index in [-0.39, 0.29) is 5.97 Å². The zero-order chi connectivity index (χ0) is 12.9. The lowest BCUT2D eigenvalue weighted by molar-refractivity contribution is -0.147. The number of nitrogens with one attached hydrogen (secondary N) is 1. The van der Waals surface area contributed by atoms with Gasteiger partial charge in [0.05, 0.1) is 7.11 Å². The molecule has 0 aromatic heterocycles.